The molecule has 1 fully saturated rings. The average Bonchev–Trinajstić information content (AvgIpc) is 2.77. The third-order valence-corrected chi connectivity index (χ3v) is 4.88. The fourth-order valence-corrected chi connectivity index (χ4v) is 3.38. The minimum atomic E-state index is -0.844. The molecule has 1 aliphatic rings. The van der Waals surface area contributed by atoms with Crippen LogP contribution in [0.25, 0.3) is 11.0 Å². The van der Waals surface area contributed by atoms with Crippen molar-refractivity contribution in [2.75, 3.05) is 0 Å². The summed E-state index contributed by atoms with van der Waals surface area (Å²) in [6.45, 7) is 3.42. The number of esters is 1. The lowest BCUT2D eigenvalue weighted by molar-refractivity contribution is -0.130. The first-order chi connectivity index (χ1) is 12.1. The number of benzene rings is 1. The van der Waals surface area contributed by atoms with Gasteiger partial charge in [-0.25, -0.2) is 4.79 Å². The molecule has 0 unspecified atom stereocenters. The lowest BCUT2D eigenvalue weighted by Crippen LogP contribution is -2.41. The van der Waals surface area contributed by atoms with Gasteiger partial charge in [0.15, 0.2) is 6.10 Å². The van der Waals surface area contributed by atoms with Crippen molar-refractivity contribution in [3.05, 3.63) is 35.6 Å². The van der Waals surface area contributed by atoms with E-state index in [0.29, 0.717) is 5.58 Å². The Kier molecular flexibility index (Phi) is 5.41. The molecule has 1 amide bonds. The summed E-state index contributed by atoms with van der Waals surface area (Å²) >= 11 is 0. The molecule has 1 aliphatic carbocycles. The molecule has 1 atom stereocenters. The van der Waals surface area contributed by atoms with Crippen molar-refractivity contribution in [1.29, 1.82) is 0 Å². The van der Waals surface area contributed by atoms with E-state index in [9.17, 15) is 9.59 Å². The summed E-state index contributed by atoms with van der Waals surface area (Å²) in [7, 11) is 0. The van der Waals surface area contributed by atoms with E-state index in [-0.39, 0.29) is 17.7 Å². The highest BCUT2D eigenvalue weighted by Crippen LogP contribution is 2.25. The molecule has 134 valence electrons. The first-order valence-corrected chi connectivity index (χ1v) is 9.05. The minimum absolute atomic E-state index is 0.162. The van der Waals surface area contributed by atoms with Gasteiger partial charge in [0, 0.05) is 17.0 Å². The molecule has 1 heterocycles. The Morgan fingerprint density at radius 3 is 2.52 bits per heavy atom. The van der Waals surface area contributed by atoms with E-state index >= 15 is 0 Å². The number of carbonyl (C=O) groups is 2. The zero-order chi connectivity index (χ0) is 17.8. The highest BCUT2D eigenvalue weighted by Gasteiger charge is 2.25. The summed E-state index contributed by atoms with van der Waals surface area (Å²) in [5.74, 6) is -0.679. The Morgan fingerprint density at radius 2 is 1.84 bits per heavy atom. The molecular weight excluding hydrogens is 318 g/mol. The summed E-state index contributed by atoms with van der Waals surface area (Å²) in [5, 5.41) is 3.89. The first-order valence-electron chi connectivity index (χ1n) is 9.05. The number of ether oxygens (including phenoxy) is 1. The molecule has 0 bridgehead atoms. The standard InChI is InChI=1S/C20H25NO4/c1-13-16-11-7-8-12-17(16)25-18(13)20(23)24-14(2)19(22)21-15-9-5-3-4-6-10-15/h7-8,11-12,14-15H,3-6,9-10H2,1-2H3,(H,21,22)/t14-/m0/s1. The van der Waals surface area contributed by atoms with Crippen molar-refractivity contribution >= 4 is 22.8 Å². The Balaban J connectivity index is 1.62. The van der Waals surface area contributed by atoms with Gasteiger partial charge in [0.2, 0.25) is 5.76 Å². The first kappa shape index (κ1) is 17.5. The molecule has 0 radical (unpaired) electrons. The maximum Gasteiger partial charge on any atom is 0.375 e. The van der Waals surface area contributed by atoms with Crippen LogP contribution in [0.15, 0.2) is 28.7 Å². The molecule has 25 heavy (non-hydrogen) atoms. The second kappa shape index (κ2) is 7.72. The van der Waals surface area contributed by atoms with Crippen molar-refractivity contribution < 1.29 is 18.7 Å². The van der Waals surface area contributed by atoms with Crippen LogP contribution >= 0.6 is 0 Å². The molecule has 5 heteroatoms. The highest BCUT2D eigenvalue weighted by molar-refractivity contribution is 5.97. The molecule has 1 aromatic heterocycles. The van der Waals surface area contributed by atoms with E-state index in [0.717, 1.165) is 36.6 Å². The number of nitrogens with one attached hydrogen (secondary N) is 1. The summed E-state index contributed by atoms with van der Waals surface area (Å²) in [4.78, 5) is 24.7. The molecular formula is C20H25NO4. The lowest BCUT2D eigenvalue weighted by atomic mass is 10.1. The molecule has 0 aliphatic heterocycles. The van der Waals surface area contributed by atoms with Crippen molar-refractivity contribution in [2.24, 2.45) is 0 Å². The van der Waals surface area contributed by atoms with E-state index in [4.69, 9.17) is 9.15 Å². The predicted octanol–water partition coefficient (Wildman–Crippen LogP) is 4.13. The zero-order valence-corrected chi connectivity index (χ0v) is 14.8. The van der Waals surface area contributed by atoms with Crippen molar-refractivity contribution in [3.8, 4) is 0 Å². The van der Waals surface area contributed by atoms with Gasteiger partial charge in [0.1, 0.15) is 5.58 Å². The van der Waals surface area contributed by atoms with E-state index in [1.165, 1.54) is 12.8 Å². The van der Waals surface area contributed by atoms with E-state index < -0.39 is 12.1 Å². The smallest absolute Gasteiger partial charge is 0.375 e. The number of rotatable bonds is 4. The minimum Gasteiger partial charge on any atom is -0.449 e. The molecule has 0 spiro atoms. The van der Waals surface area contributed by atoms with Crippen LogP contribution in [0, 0.1) is 6.92 Å². The summed E-state index contributed by atoms with van der Waals surface area (Å²) in [6.07, 6.45) is 5.87. The number of furan rings is 1. The van der Waals surface area contributed by atoms with Gasteiger partial charge in [0.25, 0.3) is 5.91 Å². The number of carbonyl (C=O) groups excluding carboxylic acids is 2. The summed E-state index contributed by atoms with van der Waals surface area (Å²) in [5.41, 5.74) is 1.37. The van der Waals surface area contributed by atoms with Crippen LogP contribution in [0.1, 0.15) is 61.6 Å². The Morgan fingerprint density at radius 1 is 1.16 bits per heavy atom. The van der Waals surface area contributed by atoms with Crippen molar-refractivity contribution in [3.63, 3.8) is 0 Å². The van der Waals surface area contributed by atoms with Gasteiger partial charge < -0.3 is 14.5 Å². The number of aryl methyl sites for hydroxylation is 1. The van der Waals surface area contributed by atoms with Crippen LogP contribution in [-0.4, -0.2) is 24.0 Å². The molecule has 1 aromatic carbocycles. The van der Waals surface area contributed by atoms with E-state index in [1.807, 2.05) is 25.1 Å². The van der Waals surface area contributed by atoms with Crippen LogP contribution in [0.4, 0.5) is 0 Å². The summed E-state index contributed by atoms with van der Waals surface area (Å²) in [6, 6.07) is 7.63. The maximum absolute atomic E-state index is 12.4. The second-order valence-electron chi connectivity index (χ2n) is 6.80. The molecule has 3 rings (SSSR count). The van der Waals surface area contributed by atoms with Gasteiger partial charge in [0.05, 0.1) is 0 Å². The van der Waals surface area contributed by atoms with Gasteiger partial charge in [-0.1, -0.05) is 43.9 Å². The van der Waals surface area contributed by atoms with Crippen LogP contribution in [0.2, 0.25) is 0 Å². The van der Waals surface area contributed by atoms with Gasteiger partial charge in [-0.3, -0.25) is 4.79 Å². The van der Waals surface area contributed by atoms with Gasteiger partial charge >= 0.3 is 5.97 Å². The van der Waals surface area contributed by atoms with Gasteiger partial charge in [-0.15, -0.1) is 0 Å². The predicted molar refractivity (Wildman–Crippen MR) is 95.5 cm³/mol. The number of amides is 1. The van der Waals surface area contributed by atoms with Crippen LogP contribution in [-0.2, 0) is 9.53 Å². The van der Waals surface area contributed by atoms with Crippen LogP contribution < -0.4 is 5.32 Å². The largest absolute Gasteiger partial charge is 0.449 e. The summed E-state index contributed by atoms with van der Waals surface area (Å²) < 4.78 is 10.9. The van der Waals surface area contributed by atoms with Crippen LogP contribution in [0.5, 0.6) is 0 Å². The van der Waals surface area contributed by atoms with Crippen molar-refractivity contribution in [2.45, 2.75) is 64.5 Å². The quantitative estimate of drug-likeness (QED) is 0.669. The zero-order valence-electron chi connectivity index (χ0n) is 14.8. The highest BCUT2D eigenvalue weighted by atomic mass is 16.6. The monoisotopic (exact) mass is 343 g/mol. The number of fused-ring (bicyclic) bond motifs is 1. The fourth-order valence-electron chi connectivity index (χ4n) is 3.38. The lowest BCUT2D eigenvalue weighted by Gasteiger charge is -2.19. The third kappa shape index (κ3) is 4.03. The van der Waals surface area contributed by atoms with E-state index in [2.05, 4.69) is 5.32 Å². The SMILES string of the molecule is Cc1c(C(=O)O[C@@H](C)C(=O)NC2CCCCCC2)oc2ccccc12. The fraction of sp³-hybridized carbons (Fsp3) is 0.500. The molecule has 1 N–H and O–H groups in total. The Labute approximate surface area is 147 Å². The third-order valence-electron chi connectivity index (χ3n) is 4.88. The molecule has 2 aromatic rings. The van der Waals surface area contributed by atoms with Crippen LogP contribution in [0.3, 0.4) is 0 Å². The Hall–Kier alpha value is -2.30. The number of para-hydroxylation sites is 1. The van der Waals surface area contributed by atoms with Gasteiger partial charge in [-0.05, 0) is 32.8 Å². The number of hydrogen-bond acceptors (Lipinski definition) is 4. The number of hydrogen-bond donors (Lipinski definition) is 1. The maximum atomic E-state index is 12.4. The van der Waals surface area contributed by atoms with Gasteiger partial charge in [-0.2, -0.15) is 0 Å². The normalized spacial score (nSPS) is 17.0. The topological polar surface area (TPSA) is 68.5 Å². The molecule has 1 saturated carbocycles. The molecule has 0 saturated heterocycles. The molecule has 5 nitrogen and oxygen atoms in total. The van der Waals surface area contributed by atoms with Crippen molar-refractivity contribution in [1.82, 2.24) is 5.32 Å². The second-order valence-corrected chi connectivity index (χ2v) is 6.80. The Bertz CT molecular complexity index is 756. The average molecular weight is 343 g/mol. The van der Waals surface area contributed by atoms with E-state index in [1.54, 1.807) is 13.0 Å².